The predicted octanol–water partition coefficient (Wildman–Crippen LogP) is 0.0473. The summed E-state index contributed by atoms with van der Waals surface area (Å²) in [5, 5.41) is 2.57. The van der Waals surface area contributed by atoms with Crippen molar-refractivity contribution in [2.45, 2.75) is 11.8 Å². The van der Waals surface area contributed by atoms with Crippen LogP contribution in [-0.2, 0) is 14.8 Å². The summed E-state index contributed by atoms with van der Waals surface area (Å²) in [4.78, 5) is 13.6. The van der Waals surface area contributed by atoms with E-state index in [4.69, 9.17) is 0 Å². The van der Waals surface area contributed by atoms with Crippen molar-refractivity contribution >= 4 is 15.9 Å². The van der Waals surface area contributed by atoms with Crippen LogP contribution in [0.15, 0.2) is 29.2 Å². The molecule has 1 saturated heterocycles. The third kappa shape index (κ3) is 3.81. The van der Waals surface area contributed by atoms with Gasteiger partial charge < -0.3 is 5.32 Å². The molecule has 0 atom stereocenters. The Bertz CT molecular complexity index is 590. The van der Waals surface area contributed by atoms with Crippen LogP contribution in [0.2, 0.25) is 0 Å². The number of likely N-dealkylation sites (N-methyl/N-ethyl adjacent to an activating group) is 1. The van der Waals surface area contributed by atoms with Crippen molar-refractivity contribution in [1.82, 2.24) is 14.5 Å². The topological polar surface area (TPSA) is 69.7 Å². The summed E-state index contributed by atoms with van der Waals surface area (Å²) in [5.74, 6) is -0.0511. The van der Waals surface area contributed by atoms with Crippen LogP contribution in [0.1, 0.15) is 5.56 Å². The number of aryl methyl sites for hydroxylation is 1. The summed E-state index contributed by atoms with van der Waals surface area (Å²) in [6.45, 7) is 4.19. The van der Waals surface area contributed by atoms with E-state index >= 15 is 0 Å². The first-order valence-corrected chi connectivity index (χ1v) is 8.37. The van der Waals surface area contributed by atoms with E-state index in [-0.39, 0.29) is 5.91 Å². The lowest BCUT2D eigenvalue weighted by atomic mass is 10.2. The maximum Gasteiger partial charge on any atom is 0.243 e. The summed E-state index contributed by atoms with van der Waals surface area (Å²) in [6.07, 6.45) is 0. The third-order valence-corrected chi connectivity index (χ3v) is 5.55. The molecule has 0 unspecified atom stereocenters. The summed E-state index contributed by atoms with van der Waals surface area (Å²) in [6, 6.07) is 6.88. The number of sulfonamides is 1. The highest BCUT2D eigenvalue weighted by Gasteiger charge is 2.28. The highest BCUT2D eigenvalue weighted by atomic mass is 32.2. The van der Waals surface area contributed by atoms with Crippen molar-refractivity contribution in [2.24, 2.45) is 0 Å². The van der Waals surface area contributed by atoms with E-state index < -0.39 is 10.0 Å². The highest BCUT2D eigenvalue weighted by molar-refractivity contribution is 7.89. The van der Waals surface area contributed by atoms with E-state index in [2.05, 4.69) is 5.32 Å². The second-order valence-corrected chi connectivity index (χ2v) is 7.10. The second kappa shape index (κ2) is 6.55. The average Bonchev–Trinajstić information content (AvgIpc) is 2.48. The molecule has 0 bridgehead atoms. The molecule has 0 saturated carbocycles. The number of hydrogen-bond donors (Lipinski definition) is 1. The van der Waals surface area contributed by atoms with E-state index in [9.17, 15) is 13.2 Å². The van der Waals surface area contributed by atoms with Crippen molar-refractivity contribution in [2.75, 3.05) is 39.8 Å². The van der Waals surface area contributed by atoms with Crippen LogP contribution in [0.5, 0.6) is 0 Å². The maximum absolute atomic E-state index is 12.5. The van der Waals surface area contributed by atoms with Crippen molar-refractivity contribution in [3.63, 3.8) is 0 Å². The molecular weight excluding hydrogens is 290 g/mol. The van der Waals surface area contributed by atoms with Gasteiger partial charge in [-0.1, -0.05) is 17.7 Å². The Morgan fingerprint density at radius 3 is 2.24 bits per heavy atom. The van der Waals surface area contributed by atoms with Gasteiger partial charge in [-0.05, 0) is 19.1 Å². The zero-order valence-corrected chi connectivity index (χ0v) is 13.2. The summed E-state index contributed by atoms with van der Waals surface area (Å²) in [5.41, 5.74) is 1.03. The van der Waals surface area contributed by atoms with Crippen LogP contribution in [0, 0.1) is 6.92 Å². The lowest BCUT2D eigenvalue weighted by Crippen LogP contribution is -2.50. The Morgan fingerprint density at radius 2 is 1.71 bits per heavy atom. The van der Waals surface area contributed by atoms with Gasteiger partial charge in [-0.25, -0.2) is 8.42 Å². The summed E-state index contributed by atoms with van der Waals surface area (Å²) >= 11 is 0. The molecule has 0 aliphatic carbocycles. The fourth-order valence-electron chi connectivity index (χ4n) is 2.27. The van der Waals surface area contributed by atoms with Gasteiger partial charge in [0.2, 0.25) is 15.9 Å². The molecule has 1 aliphatic heterocycles. The fourth-order valence-corrected chi connectivity index (χ4v) is 3.69. The van der Waals surface area contributed by atoms with Gasteiger partial charge in [0.05, 0.1) is 11.4 Å². The zero-order valence-electron chi connectivity index (χ0n) is 12.4. The Hall–Kier alpha value is -1.44. The lowest BCUT2D eigenvalue weighted by molar-refractivity contribution is -0.122. The van der Waals surface area contributed by atoms with Crippen LogP contribution >= 0.6 is 0 Å². The minimum atomic E-state index is -3.43. The van der Waals surface area contributed by atoms with E-state index in [1.165, 1.54) is 4.31 Å². The SMILES string of the molecule is CNC(=O)CN1CCN(S(=O)(=O)c2ccc(C)cc2)CC1. The van der Waals surface area contributed by atoms with Crippen molar-refractivity contribution in [1.29, 1.82) is 0 Å². The van der Waals surface area contributed by atoms with Crippen LogP contribution in [-0.4, -0.2) is 63.3 Å². The molecule has 0 radical (unpaired) electrons. The number of nitrogens with one attached hydrogen (secondary N) is 1. The number of nitrogens with zero attached hydrogens (tertiary/aromatic N) is 2. The maximum atomic E-state index is 12.5. The number of carbonyl (C=O) groups excluding carboxylic acids is 1. The number of hydrogen-bond acceptors (Lipinski definition) is 4. The zero-order chi connectivity index (χ0) is 15.5. The molecule has 0 spiro atoms. The van der Waals surface area contributed by atoms with Crippen molar-refractivity contribution < 1.29 is 13.2 Å². The Morgan fingerprint density at radius 1 is 1.14 bits per heavy atom. The fraction of sp³-hybridized carbons (Fsp3) is 0.500. The molecule has 1 fully saturated rings. The first kappa shape index (κ1) is 15.9. The number of carbonyl (C=O) groups is 1. The van der Waals surface area contributed by atoms with Crippen molar-refractivity contribution in [3.8, 4) is 0 Å². The Labute approximate surface area is 125 Å². The van der Waals surface area contributed by atoms with Crippen LogP contribution in [0.25, 0.3) is 0 Å². The Kier molecular flexibility index (Phi) is 4.97. The largest absolute Gasteiger partial charge is 0.358 e. The molecule has 0 aromatic heterocycles. The van der Waals surface area contributed by atoms with Gasteiger partial charge in [-0.3, -0.25) is 9.69 Å². The quantitative estimate of drug-likeness (QED) is 0.853. The minimum Gasteiger partial charge on any atom is -0.358 e. The molecular formula is C14H21N3O3S. The van der Waals surface area contributed by atoms with Crippen LogP contribution in [0.3, 0.4) is 0 Å². The van der Waals surface area contributed by atoms with E-state index in [0.717, 1.165) is 5.56 Å². The molecule has 1 aliphatic rings. The van der Waals surface area contributed by atoms with E-state index in [1.807, 2.05) is 11.8 Å². The van der Waals surface area contributed by atoms with Crippen LogP contribution < -0.4 is 5.32 Å². The smallest absolute Gasteiger partial charge is 0.243 e. The van der Waals surface area contributed by atoms with Gasteiger partial charge in [0, 0.05) is 33.2 Å². The molecule has 6 nitrogen and oxygen atoms in total. The van der Waals surface area contributed by atoms with E-state index in [1.54, 1.807) is 31.3 Å². The first-order chi connectivity index (χ1) is 9.93. The van der Waals surface area contributed by atoms with E-state index in [0.29, 0.717) is 37.6 Å². The van der Waals surface area contributed by atoms with Gasteiger partial charge in [0.1, 0.15) is 0 Å². The number of piperazine rings is 1. The lowest BCUT2D eigenvalue weighted by Gasteiger charge is -2.33. The number of benzene rings is 1. The molecule has 2 rings (SSSR count). The van der Waals surface area contributed by atoms with Gasteiger partial charge >= 0.3 is 0 Å². The predicted molar refractivity (Wildman–Crippen MR) is 80.4 cm³/mol. The third-order valence-electron chi connectivity index (χ3n) is 3.64. The second-order valence-electron chi connectivity index (χ2n) is 5.17. The highest BCUT2D eigenvalue weighted by Crippen LogP contribution is 2.18. The molecule has 1 amide bonds. The molecule has 1 aromatic carbocycles. The summed E-state index contributed by atoms with van der Waals surface area (Å²) < 4.78 is 26.5. The summed E-state index contributed by atoms with van der Waals surface area (Å²) in [7, 11) is -1.83. The first-order valence-electron chi connectivity index (χ1n) is 6.93. The van der Waals surface area contributed by atoms with Gasteiger partial charge in [-0.15, -0.1) is 0 Å². The molecule has 1 aromatic rings. The molecule has 1 heterocycles. The molecule has 7 heteroatoms. The standard InChI is InChI=1S/C14H21N3O3S/c1-12-3-5-13(6-4-12)21(19,20)17-9-7-16(8-10-17)11-14(18)15-2/h3-6H,7-11H2,1-2H3,(H,15,18). The average molecular weight is 311 g/mol. The minimum absolute atomic E-state index is 0.0511. The molecule has 21 heavy (non-hydrogen) atoms. The van der Waals surface area contributed by atoms with Gasteiger partial charge in [-0.2, -0.15) is 4.31 Å². The van der Waals surface area contributed by atoms with Gasteiger partial charge in [0.25, 0.3) is 0 Å². The van der Waals surface area contributed by atoms with Crippen LogP contribution in [0.4, 0.5) is 0 Å². The molecule has 116 valence electrons. The van der Waals surface area contributed by atoms with Gasteiger partial charge in [0.15, 0.2) is 0 Å². The number of rotatable bonds is 4. The monoisotopic (exact) mass is 311 g/mol. The molecule has 1 N–H and O–H groups in total. The Balaban J connectivity index is 2.01. The number of amides is 1. The normalized spacial score (nSPS) is 17.6. The van der Waals surface area contributed by atoms with Crippen molar-refractivity contribution in [3.05, 3.63) is 29.8 Å².